The van der Waals surface area contributed by atoms with E-state index in [1.54, 1.807) is 0 Å². The van der Waals surface area contributed by atoms with Gasteiger partial charge in [-0.15, -0.1) is 0 Å². The van der Waals surface area contributed by atoms with E-state index in [1.165, 1.54) is 7.11 Å². The number of rotatable bonds is 4. The lowest BCUT2D eigenvalue weighted by atomic mass is 10.0. The van der Waals surface area contributed by atoms with Crippen LogP contribution in [0.1, 0.15) is 23.1 Å². The first kappa shape index (κ1) is 16.5. The maximum atomic E-state index is 11.6. The number of benzene rings is 2. The average molecular weight is 348 g/mol. The second-order valence-corrected chi connectivity index (χ2v) is 6.44. The lowest BCUT2D eigenvalue weighted by Gasteiger charge is -2.09. The molecule has 1 aliphatic heterocycles. The third-order valence-electron chi connectivity index (χ3n) is 4.88. The summed E-state index contributed by atoms with van der Waals surface area (Å²) in [6, 6.07) is 14.1. The molecule has 0 aromatic heterocycles. The molecule has 5 heteroatoms. The first-order valence-corrected chi connectivity index (χ1v) is 8.63. The number of fused-ring (bicyclic) bond motifs is 3. The molecule has 1 saturated heterocycles. The Morgan fingerprint density at radius 1 is 1.19 bits per heavy atom. The molecule has 0 radical (unpaired) electrons. The summed E-state index contributed by atoms with van der Waals surface area (Å²) in [5, 5.41) is 7.58. The van der Waals surface area contributed by atoms with Crippen molar-refractivity contribution in [2.75, 3.05) is 13.7 Å². The lowest BCUT2D eigenvalue weighted by Crippen LogP contribution is -2.31. The van der Waals surface area contributed by atoms with Crippen LogP contribution in [0.5, 0.6) is 0 Å². The van der Waals surface area contributed by atoms with Crippen molar-refractivity contribution in [3.8, 4) is 11.1 Å². The van der Waals surface area contributed by atoms with Crippen LogP contribution in [0.4, 0.5) is 0 Å². The van der Waals surface area contributed by atoms with Gasteiger partial charge in [0.1, 0.15) is 17.9 Å². The maximum Gasteiger partial charge on any atom is 0.323 e. The summed E-state index contributed by atoms with van der Waals surface area (Å²) in [4.78, 5) is 17.4. The standard InChI is InChI=1S/C21H20N2O3/c1-3-13-8-9-16-15-6-4-5-7-17(15)20(18(16)10-13)23-26-14-11-19(22-12-14)21(24)25-2/h3-10,14,19,22H,1,11-12H2,2H3/t14-,19+/m1/s1. The van der Waals surface area contributed by atoms with Crippen molar-refractivity contribution in [2.24, 2.45) is 5.16 Å². The van der Waals surface area contributed by atoms with Crippen molar-refractivity contribution in [1.29, 1.82) is 0 Å². The van der Waals surface area contributed by atoms with Crippen molar-refractivity contribution >= 4 is 17.8 Å². The zero-order valence-electron chi connectivity index (χ0n) is 14.6. The second-order valence-electron chi connectivity index (χ2n) is 6.44. The molecule has 132 valence electrons. The van der Waals surface area contributed by atoms with Crippen molar-refractivity contribution in [1.82, 2.24) is 5.32 Å². The third kappa shape index (κ3) is 2.80. The Hall–Kier alpha value is -2.92. The molecular formula is C21H20N2O3. The minimum Gasteiger partial charge on any atom is -0.468 e. The van der Waals surface area contributed by atoms with Gasteiger partial charge in [-0.05, 0) is 22.8 Å². The summed E-state index contributed by atoms with van der Waals surface area (Å²) in [5.74, 6) is -0.268. The minimum atomic E-state index is -0.333. The molecular weight excluding hydrogens is 328 g/mol. The van der Waals surface area contributed by atoms with Crippen LogP contribution < -0.4 is 5.32 Å². The summed E-state index contributed by atoms with van der Waals surface area (Å²) >= 11 is 0. The molecule has 2 aromatic rings. The number of esters is 1. The van der Waals surface area contributed by atoms with Crippen molar-refractivity contribution in [3.05, 3.63) is 65.7 Å². The quantitative estimate of drug-likeness (QED) is 0.582. The van der Waals surface area contributed by atoms with E-state index in [9.17, 15) is 4.79 Å². The van der Waals surface area contributed by atoms with Gasteiger partial charge in [0.25, 0.3) is 0 Å². The molecule has 1 aliphatic carbocycles. The Balaban J connectivity index is 1.63. The molecule has 5 nitrogen and oxygen atoms in total. The molecule has 0 saturated carbocycles. The molecule has 0 spiro atoms. The number of nitrogens with one attached hydrogen (secondary N) is 1. The Labute approximate surface area is 152 Å². The predicted molar refractivity (Wildman–Crippen MR) is 101 cm³/mol. The van der Waals surface area contributed by atoms with Crippen molar-refractivity contribution in [3.63, 3.8) is 0 Å². The van der Waals surface area contributed by atoms with Gasteiger partial charge in [-0.2, -0.15) is 0 Å². The number of hydrogen-bond acceptors (Lipinski definition) is 5. The first-order chi connectivity index (χ1) is 12.7. The molecule has 2 aromatic carbocycles. The van der Waals surface area contributed by atoms with Crippen LogP contribution in [0, 0.1) is 0 Å². The molecule has 1 N–H and O–H groups in total. The number of carbonyl (C=O) groups is 1. The van der Waals surface area contributed by atoms with Gasteiger partial charge in [-0.1, -0.05) is 54.2 Å². The number of oxime groups is 1. The summed E-state index contributed by atoms with van der Waals surface area (Å²) in [5.41, 5.74) is 6.25. The number of methoxy groups -OCH3 is 1. The maximum absolute atomic E-state index is 11.6. The highest BCUT2D eigenvalue weighted by atomic mass is 16.6. The molecule has 26 heavy (non-hydrogen) atoms. The van der Waals surface area contributed by atoms with E-state index in [0.717, 1.165) is 33.5 Å². The van der Waals surface area contributed by atoms with Crippen molar-refractivity contribution < 1.29 is 14.4 Å². The van der Waals surface area contributed by atoms with Gasteiger partial charge < -0.3 is 14.9 Å². The number of nitrogens with zero attached hydrogens (tertiary/aromatic N) is 1. The Morgan fingerprint density at radius 3 is 2.73 bits per heavy atom. The molecule has 2 aliphatic rings. The van der Waals surface area contributed by atoms with Gasteiger partial charge in [-0.25, -0.2) is 0 Å². The Kier molecular flexibility index (Phi) is 4.31. The minimum absolute atomic E-state index is 0.162. The molecule has 1 fully saturated rings. The van der Waals surface area contributed by atoms with Crippen LogP contribution in [-0.2, 0) is 14.4 Å². The Morgan fingerprint density at radius 2 is 1.96 bits per heavy atom. The third-order valence-corrected chi connectivity index (χ3v) is 4.88. The van der Waals surface area contributed by atoms with Crippen LogP contribution >= 0.6 is 0 Å². The molecule has 4 rings (SSSR count). The largest absolute Gasteiger partial charge is 0.468 e. The zero-order chi connectivity index (χ0) is 18.1. The smallest absolute Gasteiger partial charge is 0.323 e. The van der Waals surface area contributed by atoms with Gasteiger partial charge >= 0.3 is 5.97 Å². The summed E-state index contributed by atoms with van der Waals surface area (Å²) in [6.45, 7) is 4.42. The highest BCUT2D eigenvalue weighted by Gasteiger charge is 2.32. The van der Waals surface area contributed by atoms with Crippen LogP contribution in [-0.4, -0.2) is 37.5 Å². The van der Waals surface area contributed by atoms with E-state index in [0.29, 0.717) is 13.0 Å². The Bertz CT molecular complexity index is 904. The number of carbonyl (C=O) groups excluding carboxylic acids is 1. The highest BCUT2D eigenvalue weighted by Crippen LogP contribution is 2.37. The molecule has 0 bridgehead atoms. The highest BCUT2D eigenvalue weighted by molar-refractivity contribution is 6.24. The van der Waals surface area contributed by atoms with E-state index in [1.807, 2.05) is 24.3 Å². The second kappa shape index (κ2) is 6.77. The van der Waals surface area contributed by atoms with Gasteiger partial charge in [-0.3, -0.25) is 4.79 Å². The van der Waals surface area contributed by atoms with Gasteiger partial charge in [0.05, 0.1) is 7.11 Å². The normalized spacial score (nSPS) is 22.0. The van der Waals surface area contributed by atoms with E-state index < -0.39 is 0 Å². The van der Waals surface area contributed by atoms with Gasteiger partial charge in [0.15, 0.2) is 0 Å². The van der Waals surface area contributed by atoms with E-state index >= 15 is 0 Å². The van der Waals surface area contributed by atoms with Gasteiger partial charge in [0.2, 0.25) is 0 Å². The van der Waals surface area contributed by atoms with Crippen LogP contribution in [0.15, 0.2) is 54.2 Å². The monoisotopic (exact) mass is 348 g/mol. The fourth-order valence-corrected chi connectivity index (χ4v) is 3.52. The van der Waals surface area contributed by atoms with E-state index in [-0.39, 0.29) is 18.1 Å². The van der Waals surface area contributed by atoms with Crippen LogP contribution in [0.25, 0.3) is 17.2 Å². The van der Waals surface area contributed by atoms with Gasteiger partial charge in [0, 0.05) is 24.1 Å². The average Bonchev–Trinajstić information content (AvgIpc) is 3.28. The lowest BCUT2D eigenvalue weighted by molar-refractivity contribution is -0.142. The zero-order valence-corrected chi connectivity index (χ0v) is 14.6. The fourth-order valence-electron chi connectivity index (χ4n) is 3.52. The molecule has 1 heterocycles. The summed E-state index contributed by atoms with van der Waals surface area (Å²) in [6.07, 6.45) is 2.21. The fraction of sp³-hybridized carbons (Fsp3) is 0.238. The van der Waals surface area contributed by atoms with Crippen LogP contribution in [0.3, 0.4) is 0 Å². The van der Waals surface area contributed by atoms with Crippen LogP contribution in [0.2, 0.25) is 0 Å². The number of ether oxygens (including phenoxy) is 1. The predicted octanol–water partition coefficient (Wildman–Crippen LogP) is 2.98. The van der Waals surface area contributed by atoms with Crippen molar-refractivity contribution in [2.45, 2.75) is 18.6 Å². The van der Waals surface area contributed by atoms with E-state index in [2.05, 4.69) is 41.3 Å². The molecule has 0 unspecified atom stereocenters. The number of hydrogen-bond donors (Lipinski definition) is 1. The summed E-state index contributed by atoms with van der Waals surface area (Å²) in [7, 11) is 1.39. The molecule has 0 amide bonds. The first-order valence-electron chi connectivity index (χ1n) is 8.63. The van der Waals surface area contributed by atoms with E-state index in [4.69, 9.17) is 9.57 Å². The SMILES string of the molecule is C=Cc1ccc2c(c1)C(=NO[C@H]1CN[C@H](C(=O)OC)C1)c1ccccc1-2. The molecule has 2 atom stereocenters. The topological polar surface area (TPSA) is 59.9 Å². The summed E-state index contributed by atoms with van der Waals surface area (Å²) < 4.78 is 4.78.